The summed E-state index contributed by atoms with van der Waals surface area (Å²) in [5, 5.41) is 9.49. The number of aromatic hydroxyl groups is 1. The number of carbonyl (C=O) groups is 1. The van der Waals surface area contributed by atoms with Gasteiger partial charge in [0.15, 0.2) is 5.78 Å². The summed E-state index contributed by atoms with van der Waals surface area (Å²) in [6.45, 7) is 1.21. The van der Waals surface area contributed by atoms with E-state index in [1.807, 2.05) is 0 Å². The van der Waals surface area contributed by atoms with Crippen LogP contribution >= 0.6 is 15.9 Å². The Morgan fingerprint density at radius 2 is 2.25 bits per heavy atom. The summed E-state index contributed by atoms with van der Waals surface area (Å²) in [5.41, 5.74) is -0.579. The molecular formula is C10H7BrN2O3. The highest BCUT2D eigenvalue weighted by Crippen LogP contribution is 2.15. The van der Waals surface area contributed by atoms with Gasteiger partial charge in [0.2, 0.25) is 5.88 Å². The van der Waals surface area contributed by atoms with Crippen LogP contribution in [-0.4, -0.2) is 20.3 Å². The number of ketones is 1. The number of hydrogen-bond donors (Lipinski definition) is 1. The molecule has 82 valence electrons. The number of halogens is 1. The van der Waals surface area contributed by atoms with Gasteiger partial charge in [-0.3, -0.25) is 14.0 Å². The Kier molecular flexibility index (Phi) is 2.51. The largest absolute Gasteiger partial charge is 0.493 e. The lowest BCUT2D eigenvalue weighted by molar-refractivity contribution is 0.101. The number of Topliss-reactive ketones (excluding diaryl/α,β-unsaturated/α-hetero) is 1. The van der Waals surface area contributed by atoms with E-state index >= 15 is 0 Å². The molecule has 0 unspecified atom stereocenters. The van der Waals surface area contributed by atoms with E-state index in [9.17, 15) is 14.7 Å². The number of aromatic nitrogens is 2. The van der Waals surface area contributed by atoms with Crippen LogP contribution in [0.1, 0.15) is 17.3 Å². The molecule has 0 saturated heterocycles. The van der Waals surface area contributed by atoms with Gasteiger partial charge in [-0.1, -0.05) is 15.9 Å². The number of pyridine rings is 1. The molecule has 0 fully saturated rings. The first-order valence-electron chi connectivity index (χ1n) is 4.42. The Labute approximate surface area is 98.5 Å². The molecule has 2 heterocycles. The molecule has 5 nitrogen and oxygen atoms in total. The maximum Gasteiger partial charge on any atom is 0.272 e. The van der Waals surface area contributed by atoms with Gasteiger partial charge in [-0.05, 0) is 19.1 Å². The third kappa shape index (κ3) is 1.61. The predicted octanol–water partition coefficient (Wildman–Crippen LogP) is 1.37. The van der Waals surface area contributed by atoms with Gasteiger partial charge in [0, 0.05) is 10.7 Å². The van der Waals surface area contributed by atoms with E-state index in [0.717, 1.165) is 4.47 Å². The summed E-state index contributed by atoms with van der Waals surface area (Å²) < 4.78 is 1.94. The summed E-state index contributed by atoms with van der Waals surface area (Å²) in [4.78, 5) is 26.8. The van der Waals surface area contributed by atoms with Crippen molar-refractivity contribution < 1.29 is 9.90 Å². The van der Waals surface area contributed by atoms with Crippen LogP contribution in [0.2, 0.25) is 0 Å². The number of fused-ring (bicyclic) bond motifs is 1. The first-order valence-corrected chi connectivity index (χ1v) is 5.22. The van der Waals surface area contributed by atoms with Crippen LogP contribution in [-0.2, 0) is 0 Å². The minimum Gasteiger partial charge on any atom is -0.493 e. The van der Waals surface area contributed by atoms with Crippen LogP contribution < -0.4 is 5.56 Å². The lowest BCUT2D eigenvalue weighted by Gasteiger charge is -2.04. The molecule has 0 aliphatic heterocycles. The van der Waals surface area contributed by atoms with Crippen LogP contribution in [0, 0.1) is 0 Å². The van der Waals surface area contributed by atoms with Crippen LogP contribution in [0.25, 0.3) is 5.65 Å². The third-order valence-corrected chi connectivity index (χ3v) is 2.62. The molecule has 0 radical (unpaired) electrons. The maximum atomic E-state index is 11.8. The highest BCUT2D eigenvalue weighted by atomic mass is 79.9. The number of rotatable bonds is 1. The van der Waals surface area contributed by atoms with Crippen LogP contribution in [0.3, 0.4) is 0 Å². The van der Waals surface area contributed by atoms with E-state index in [0.29, 0.717) is 0 Å². The van der Waals surface area contributed by atoms with Crippen molar-refractivity contribution in [3.8, 4) is 5.88 Å². The van der Waals surface area contributed by atoms with E-state index in [4.69, 9.17) is 0 Å². The second-order valence-electron chi connectivity index (χ2n) is 3.24. The lowest BCUT2D eigenvalue weighted by Crippen LogP contribution is -2.22. The molecule has 0 atom stereocenters. The Bertz CT molecular complexity index is 648. The first-order chi connectivity index (χ1) is 7.50. The van der Waals surface area contributed by atoms with E-state index in [1.54, 1.807) is 12.1 Å². The molecule has 0 aliphatic rings. The normalized spacial score (nSPS) is 10.6. The van der Waals surface area contributed by atoms with Crippen molar-refractivity contribution in [3.63, 3.8) is 0 Å². The van der Waals surface area contributed by atoms with Crippen molar-refractivity contribution in [1.82, 2.24) is 9.38 Å². The molecule has 0 saturated carbocycles. The number of carbonyl (C=O) groups excluding carboxylic acids is 1. The van der Waals surface area contributed by atoms with Crippen LogP contribution in [0.15, 0.2) is 27.6 Å². The molecule has 2 aromatic heterocycles. The monoisotopic (exact) mass is 282 g/mol. The summed E-state index contributed by atoms with van der Waals surface area (Å²) in [6.07, 6.45) is 1.49. The lowest BCUT2D eigenvalue weighted by atomic mass is 10.2. The average molecular weight is 283 g/mol. The summed E-state index contributed by atoms with van der Waals surface area (Å²) in [5.74, 6) is -1.04. The minimum absolute atomic E-state index is 0.280. The van der Waals surface area contributed by atoms with E-state index in [1.165, 1.54) is 17.5 Å². The van der Waals surface area contributed by atoms with Crippen molar-refractivity contribution in [2.75, 3.05) is 0 Å². The van der Waals surface area contributed by atoms with Gasteiger partial charge >= 0.3 is 0 Å². The summed E-state index contributed by atoms with van der Waals surface area (Å²) >= 11 is 3.23. The Morgan fingerprint density at radius 3 is 2.88 bits per heavy atom. The van der Waals surface area contributed by atoms with Gasteiger partial charge in [-0.25, -0.2) is 0 Å². The molecule has 0 aromatic carbocycles. The van der Waals surface area contributed by atoms with Gasteiger partial charge in [0.1, 0.15) is 11.2 Å². The number of nitrogens with zero attached hydrogens (tertiary/aromatic N) is 2. The fraction of sp³-hybridized carbons (Fsp3) is 0.100. The van der Waals surface area contributed by atoms with Crippen LogP contribution in [0.5, 0.6) is 5.88 Å². The average Bonchev–Trinajstić information content (AvgIpc) is 2.15. The minimum atomic E-state index is -0.567. The molecule has 0 amide bonds. The molecule has 0 spiro atoms. The molecule has 16 heavy (non-hydrogen) atoms. The number of hydrogen-bond acceptors (Lipinski definition) is 4. The van der Waals surface area contributed by atoms with Crippen molar-refractivity contribution in [2.24, 2.45) is 0 Å². The standard InChI is InChI=1S/C10H7BrN2O3/c1-5(14)8-9(15)12-7-4-6(11)2-3-13(7)10(8)16/h2-4,15H,1H3. The van der Waals surface area contributed by atoms with Gasteiger partial charge in [-0.15, -0.1) is 0 Å². The molecule has 1 N–H and O–H groups in total. The molecular weight excluding hydrogens is 276 g/mol. The molecule has 6 heteroatoms. The highest BCUT2D eigenvalue weighted by Gasteiger charge is 2.15. The van der Waals surface area contributed by atoms with Crippen molar-refractivity contribution >= 4 is 27.4 Å². The van der Waals surface area contributed by atoms with Gasteiger partial charge in [0.25, 0.3) is 5.56 Å². The van der Waals surface area contributed by atoms with E-state index in [2.05, 4.69) is 20.9 Å². The molecule has 0 aliphatic carbocycles. The topological polar surface area (TPSA) is 71.7 Å². The van der Waals surface area contributed by atoms with E-state index in [-0.39, 0.29) is 11.2 Å². The smallest absolute Gasteiger partial charge is 0.272 e. The zero-order valence-electron chi connectivity index (χ0n) is 8.27. The second-order valence-corrected chi connectivity index (χ2v) is 4.16. The fourth-order valence-electron chi connectivity index (χ4n) is 1.41. The van der Waals surface area contributed by atoms with Crippen molar-refractivity contribution in [1.29, 1.82) is 0 Å². The third-order valence-electron chi connectivity index (χ3n) is 2.13. The predicted molar refractivity (Wildman–Crippen MR) is 60.8 cm³/mol. The second kappa shape index (κ2) is 3.71. The SMILES string of the molecule is CC(=O)c1c(O)nc2cc(Br)ccn2c1=O. The maximum absolute atomic E-state index is 11.8. The zero-order chi connectivity index (χ0) is 11.9. The van der Waals surface area contributed by atoms with Crippen molar-refractivity contribution in [3.05, 3.63) is 38.7 Å². The van der Waals surface area contributed by atoms with E-state index < -0.39 is 17.2 Å². The van der Waals surface area contributed by atoms with Gasteiger partial charge in [0.05, 0.1) is 0 Å². The Balaban J connectivity index is 2.95. The van der Waals surface area contributed by atoms with Crippen LogP contribution in [0.4, 0.5) is 0 Å². The molecule has 2 rings (SSSR count). The fourth-order valence-corrected chi connectivity index (χ4v) is 1.73. The Hall–Kier alpha value is -1.69. The summed E-state index contributed by atoms with van der Waals surface area (Å²) in [7, 11) is 0. The molecule has 0 bridgehead atoms. The highest BCUT2D eigenvalue weighted by molar-refractivity contribution is 9.10. The summed E-state index contributed by atoms with van der Waals surface area (Å²) in [6, 6.07) is 3.22. The first kappa shape index (κ1) is 10.8. The zero-order valence-corrected chi connectivity index (χ0v) is 9.85. The Morgan fingerprint density at radius 1 is 1.56 bits per heavy atom. The molecule has 2 aromatic rings. The van der Waals surface area contributed by atoms with Crippen molar-refractivity contribution in [2.45, 2.75) is 6.92 Å². The quantitative estimate of drug-likeness (QED) is 0.802. The van der Waals surface area contributed by atoms with Gasteiger partial charge < -0.3 is 5.11 Å². The van der Waals surface area contributed by atoms with Gasteiger partial charge in [-0.2, -0.15) is 4.98 Å².